The summed E-state index contributed by atoms with van der Waals surface area (Å²) < 4.78 is 7.00. The molecule has 0 saturated carbocycles. The lowest BCUT2D eigenvalue weighted by molar-refractivity contribution is -0.596. The lowest BCUT2D eigenvalue weighted by Gasteiger charge is -2.15. The van der Waals surface area contributed by atoms with E-state index < -0.39 is 12.1 Å². The maximum atomic E-state index is 12.8. The van der Waals surface area contributed by atoms with E-state index in [4.69, 9.17) is 4.74 Å². The van der Waals surface area contributed by atoms with E-state index in [0.29, 0.717) is 5.56 Å². The summed E-state index contributed by atoms with van der Waals surface area (Å²) in [6, 6.07) is 24.9. The van der Waals surface area contributed by atoms with Crippen LogP contribution in [0.25, 0.3) is 0 Å². The standard InChI is InChI=1S/C24H21N3O3/c1-30-20-14-12-18(13-15-20)22-21(25-23(28)19-10-6-3-7-11-19)24(29)26-27(22)16-17-8-4-2-5-9-17/h2-16,21-22H,1H3,(H-,25,26,28,29)/p+1/b27-16-/t21-,22+/m1/s1. The van der Waals surface area contributed by atoms with Gasteiger partial charge >= 0.3 is 5.91 Å². The van der Waals surface area contributed by atoms with E-state index >= 15 is 0 Å². The molecule has 2 N–H and O–H groups in total. The van der Waals surface area contributed by atoms with Crippen molar-refractivity contribution in [2.45, 2.75) is 12.1 Å². The molecular formula is C24H22N3O3+. The topological polar surface area (TPSA) is 70.4 Å². The predicted octanol–water partition coefficient (Wildman–Crippen LogP) is 2.71. The zero-order chi connectivity index (χ0) is 20.9. The summed E-state index contributed by atoms with van der Waals surface area (Å²) in [6.07, 6.45) is 1.86. The summed E-state index contributed by atoms with van der Waals surface area (Å²) in [7, 11) is 1.61. The Morgan fingerprint density at radius 3 is 2.23 bits per heavy atom. The molecule has 0 unspecified atom stereocenters. The lowest BCUT2D eigenvalue weighted by Crippen LogP contribution is -2.42. The number of carbonyl (C=O) groups is 2. The summed E-state index contributed by atoms with van der Waals surface area (Å²) in [5.74, 6) is 0.155. The molecule has 1 heterocycles. The van der Waals surface area contributed by atoms with Crippen LogP contribution in [0.5, 0.6) is 5.75 Å². The molecule has 1 aliphatic heterocycles. The van der Waals surface area contributed by atoms with Gasteiger partial charge in [-0.15, -0.1) is 10.1 Å². The summed E-state index contributed by atoms with van der Waals surface area (Å²) in [6.45, 7) is 0. The lowest BCUT2D eigenvalue weighted by atomic mass is 9.99. The predicted molar refractivity (Wildman–Crippen MR) is 113 cm³/mol. The molecule has 1 aliphatic rings. The molecule has 1 fully saturated rings. The molecule has 3 aromatic carbocycles. The first-order valence-corrected chi connectivity index (χ1v) is 9.64. The highest BCUT2D eigenvalue weighted by molar-refractivity contribution is 5.98. The Kier molecular flexibility index (Phi) is 5.57. The molecule has 30 heavy (non-hydrogen) atoms. The minimum atomic E-state index is -0.758. The van der Waals surface area contributed by atoms with E-state index in [1.807, 2.05) is 66.9 Å². The van der Waals surface area contributed by atoms with Crippen molar-refractivity contribution in [1.29, 1.82) is 0 Å². The van der Waals surface area contributed by atoms with Crippen LogP contribution in [0.15, 0.2) is 84.9 Å². The van der Waals surface area contributed by atoms with E-state index in [-0.39, 0.29) is 11.8 Å². The maximum absolute atomic E-state index is 12.8. The van der Waals surface area contributed by atoms with Gasteiger partial charge in [-0.2, -0.15) is 0 Å². The van der Waals surface area contributed by atoms with Crippen molar-refractivity contribution in [3.05, 3.63) is 102 Å². The van der Waals surface area contributed by atoms with Gasteiger partial charge in [-0.1, -0.05) is 36.4 Å². The van der Waals surface area contributed by atoms with Crippen molar-refractivity contribution >= 4 is 18.0 Å². The molecule has 0 aliphatic carbocycles. The smallest absolute Gasteiger partial charge is 0.304 e. The first-order valence-electron chi connectivity index (χ1n) is 9.64. The highest BCUT2D eigenvalue weighted by atomic mass is 16.5. The zero-order valence-corrected chi connectivity index (χ0v) is 16.5. The van der Waals surface area contributed by atoms with E-state index in [1.54, 1.807) is 36.1 Å². The van der Waals surface area contributed by atoms with Crippen LogP contribution in [-0.4, -0.2) is 35.9 Å². The van der Waals surface area contributed by atoms with Gasteiger partial charge in [-0.25, -0.2) is 0 Å². The Balaban J connectivity index is 1.70. The summed E-state index contributed by atoms with van der Waals surface area (Å²) >= 11 is 0. The molecule has 1 saturated heterocycles. The zero-order valence-electron chi connectivity index (χ0n) is 16.5. The molecule has 4 rings (SSSR count). The van der Waals surface area contributed by atoms with Crippen molar-refractivity contribution in [2.75, 3.05) is 7.11 Å². The fourth-order valence-corrected chi connectivity index (χ4v) is 3.50. The van der Waals surface area contributed by atoms with Crippen LogP contribution in [0.3, 0.4) is 0 Å². The number of hydrazine groups is 1. The molecule has 2 amide bonds. The number of benzene rings is 3. The van der Waals surface area contributed by atoms with E-state index in [2.05, 4.69) is 10.7 Å². The summed E-state index contributed by atoms with van der Waals surface area (Å²) in [5, 5.41) is 2.89. The number of methoxy groups -OCH3 is 1. The van der Waals surface area contributed by atoms with Crippen molar-refractivity contribution in [3.8, 4) is 5.75 Å². The third kappa shape index (κ3) is 4.07. The SMILES string of the molecule is COc1ccc([C@H]2[C@@H](NC(=O)c3ccccc3)C(=O)N/[N+]2=C\c2ccccc2)cc1. The molecular weight excluding hydrogens is 378 g/mol. The molecule has 0 bridgehead atoms. The minimum absolute atomic E-state index is 0.271. The number of hydrogen-bond donors (Lipinski definition) is 2. The van der Waals surface area contributed by atoms with Crippen molar-refractivity contribution in [3.63, 3.8) is 0 Å². The number of nitrogens with zero attached hydrogens (tertiary/aromatic N) is 1. The average Bonchev–Trinajstić information content (AvgIpc) is 3.09. The van der Waals surface area contributed by atoms with Gasteiger partial charge in [-0.05, 0) is 48.5 Å². The third-order valence-corrected chi connectivity index (χ3v) is 5.00. The van der Waals surface area contributed by atoms with Gasteiger partial charge in [0.2, 0.25) is 12.3 Å². The molecule has 6 heteroatoms. The second-order valence-corrected chi connectivity index (χ2v) is 6.96. The molecule has 3 aromatic rings. The van der Waals surface area contributed by atoms with Crippen LogP contribution in [0.2, 0.25) is 0 Å². The summed E-state index contributed by atoms with van der Waals surface area (Å²) in [5.41, 5.74) is 5.19. The Labute approximate surface area is 174 Å². The van der Waals surface area contributed by atoms with Crippen LogP contribution in [0, 0.1) is 0 Å². The van der Waals surface area contributed by atoms with E-state index in [9.17, 15) is 9.59 Å². The minimum Gasteiger partial charge on any atom is -0.497 e. The van der Waals surface area contributed by atoms with Gasteiger partial charge in [-0.3, -0.25) is 9.59 Å². The third-order valence-electron chi connectivity index (χ3n) is 5.00. The molecule has 2 atom stereocenters. The van der Waals surface area contributed by atoms with Crippen LogP contribution < -0.4 is 15.5 Å². The van der Waals surface area contributed by atoms with Gasteiger partial charge in [0, 0.05) is 16.7 Å². The largest absolute Gasteiger partial charge is 0.497 e. The Hall–Kier alpha value is -3.93. The van der Waals surface area contributed by atoms with Crippen LogP contribution in [0.4, 0.5) is 0 Å². The summed E-state index contributed by atoms with van der Waals surface area (Å²) in [4.78, 5) is 25.6. The fraction of sp³-hybridized carbons (Fsp3) is 0.125. The quantitative estimate of drug-likeness (QED) is 0.647. The highest BCUT2D eigenvalue weighted by Gasteiger charge is 2.47. The molecule has 6 nitrogen and oxygen atoms in total. The monoisotopic (exact) mass is 400 g/mol. The number of amides is 2. The Bertz CT molecular complexity index is 1060. The first kappa shape index (κ1) is 19.4. The number of hydrazone groups is 1. The normalized spacial score (nSPS) is 19.4. The van der Waals surface area contributed by atoms with Gasteiger partial charge in [0.15, 0.2) is 6.04 Å². The van der Waals surface area contributed by atoms with Gasteiger partial charge in [0.25, 0.3) is 5.91 Å². The molecule has 0 aromatic heterocycles. The van der Waals surface area contributed by atoms with Crippen molar-refractivity contribution < 1.29 is 19.0 Å². The molecule has 150 valence electrons. The number of ether oxygens (including phenoxy) is 1. The maximum Gasteiger partial charge on any atom is 0.304 e. The highest BCUT2D eigenvalue weighted by Crippen LogP contribution is 2.27. The average molecular weight is 400 g/mol. The van der Waals surface area contributed by atoms with Gasteiger partial charge in [0.1, 0.15) is 5.75 Å². The molecule has 0 radical (unpaired) electrons. The molecule has 0 spiro atoms. The Morgan fingerprint density at radius 1 is 0.967 bits per heavy atom. The fourth-order valence-electron chi connectivity index (χ4n) is 3.50. The number of nitrogens with one attached hydrogen (secondary N) is 2. The van der Waals surface area contributed by atoms with Gasteiger partial charge in [0.05, 0.1) is 7.11 Å². The number of rotatable bonds is 5. The number of carbonyl (C=O) groups excluding carboxylic acids is 2. The van der Waals surface area contributed by atoms with Crippen LogP contribution >= 0.6 is 0 Å². The second-order valence-electron chi connectivity index (χ2n) is 6.96. The van der Waals surface area contributed by atoms with Crippen molar-refractivity contribution in [2.24, 2.45) is 0 Å². The van der Waals surface area contributed by atoms with Crippen LogP contribution in [0.1, 0.15) is 27.5 Å². The number of hydrogen-bond acceptors (Lipinski definition) is 3. The first-order chi connectivity index (χ1) is 14.7. The second kappa shape index (κ2) is 8.61. The van der Waals surface area contributed by atoms with Crippen molar-refractivity contribution in [1.82, 2.24) is 10.7 Å². The van der Waals surface area contributed by atoms with Crippen LogP contribution in [-0.2, 0) is 4.79 Å². The van der Waals surface area contributed by atoms with E-state index in [0.717, 1.165) is 16.9 Å². The van der Waals surface area contributed by atoms with E-state index in [1.165, 1.54) is 0 Å². The van der Waals surface area contributed by atoms with Gasteiger partial charge < -0.3 is 10.1 Å². The Morgan fingerprint density at radius 2 is 1.60 bits per heavy atom.